The van der Waals surface area contributed by atoms with Gasteiger partial charge in [-0.1, -0.05) is 23.4 Å². The summed E-state index contributed by atoms with van der Waals surface area (Å²) in [6, 6.07) is 8.90. The summed E-state index contributed by atoms with van der Waals surface area (Å²) in [6.07, 6.45) is 0. The van der Waals surface area contributed by atoms with Gasteiger partial charge in [0.1, 0.15) is 0 Å². The van der Waals surface area contributed by atoms with E-state index >= 15 is 0 Å². The fourth-order valence-corrected chi connectivity index (χ4v) is 0.688. The maximum absolute atomic E-state index is 10.1. The molecule has 1 rings (SSSR count). The number of nitrogens with one attached hydrogen (secondary N) is 2. The highest BCUT2D eigenvalue weighted by molar-refractivity contribution is 6.33. The normalized spacial score (nSPS) is 10.0. The highest BCUT2D eigenvalue weighted by Crippen LogP contribution is 2.04. The molecule has 0 saturated carbocycles. The van der Waals surface area contributed by atoms with Gasteiger partial charge in [-0.15, -0.1) is 5.11 Å². The van der Waals surface area contributed by atoms with Crippen LogP contribution in [0.4, 0.5) is 5.69 Å². The van der Waals surface area contributed by atoms with Crippen LogP contribution in [0.3, 0.4) is 0 Å². The molecule has 1 aromatic rings. The Balaban J connectivity index is 2.49. The Hall–Kier alpha value is -2.24. The Morgan fingerprint density at radius 2 is 2.00 bits per heavy atom. The molecule has 0 aromatic heterocycles. The van der Waals surface area contributed by atoms with Crippen LogP contribution < -0.4 is 5.43 Å². The molecule has 0 spiro atoms. The van der Waals surface area contributed by atoms with Crippen molar-refractivity contribution in [1.29, 1.82) is 5.41 Å². The number of benzene rings is 1. The van der Waals surface area contributed by atoms with Gasteiger partial charge in [0.2, 0.25) is 0 Å². The lowest BCUT2D eigenvalue weighted by molar-refractivity contribution is -0.129. The average molecular weight is 192 g/mol. The summed E-state index contributed by atoms with van der Waals surface area (Å²) in [5, 5.41) is 21.5. The van der Waals surface area contributed by atoms with Crippen molar-refractivity contribution in [2.75, 3.05) is 5.43 Å². The van der Waals surface area contributed by atoms with Crippen molar-refractivity contribution in [3.8, 4) is 0 Å². The summed E-state index contributed by atoms with van der Waals surface area (Å²) < 4.78 is 0. The van der Waals surface area contributed by atoms with Crippen molar-refractivity contribution in [2.24, 2.45) is 10.3 Å². The molecule has 6 nitrogen and oxygen atoms in total. The number of amidine groups is 1. The molecule has 0 aliphatic carbocycles. The van der Waals surface area contributed by atoms with E-state index < -0.39 is 11.8 Å². The SMILES string of the molecule is N=C(/N=N\Nc1ccccc1)C(=O)O. The third kappa shape index (κ3) is 3.02. The van der Waals surface area contributed by atoms with Crippen molar-refractivity contribution in [3.63, 3.8) is 0 Å². The fourth-order valence-electron chi connectivity index (χ4n) is 0.688. The average Bonchev–Trinajstić information content (AvgIpc) is 2.19. The third-order valence-electron chi connectivity index (χ3n) is 1.31. The summed E-state index contributed by atoms with van der Waals surface area (Å²) in [5.41, 5.74) is 3.16. The van der Waals surface area contributed by atoms with Gasteiger partial charge in [-0.2, -0.15) is 0 Å². The van der Waals surface area contributed by atoms with Crippen molar-refractivity contribution in [1.82, 2.24) is 0 Å². The van der Waals surface area contributed by atoms with Gasteiger partial charge in [0, 0.05) is 0 Å². The number of hydrogen-bond acceptors (Lipinski definition) is 3. The second-order valence-corrected chi connectivity index (χ2v) is 2.33. The first-order valence-corrected chi connectivity index (χ1v) is 3.74. The first-order valence-electron chi connectivity index (χ1n) is 3.74. The van der Waals surface area contributed by atoms with Crippen LogP contribution in [0.2, 0.25) is 0 Å². The van der Waals surface area contributed by atoms with Gasteiger partial charge in [-0.05, 0) is 12.1 Å². The smallest absolute Gasteiger partial charge is 0.375 e. The molecule has 0 aliphatic rings. The quantitative estimate of drug-likeness (QED) is 0.287. The van der Waals surface area contributed by atoms with Gasteiger partial charge < -0.3 is 5.11 Å². The Morgan fingerprint density at radius 3 is 2.57 bits per heavy atom. The number of carboxylic acid groups (broad SMARTS) is 1. The Kier molecular flexibility index (Phi) is 3.31. The lowest BCUT2D eigenvalue weighted by atomic mass is 10.3. The van der Waals surface area contributed by atoms with Crippen molar-refractivity contribution in [3.05, 3.63) is 30.3 Å². The highest BCUT2D eigenvalue weighted by Gasteiger charge is 2.02. The fraction of sp³-hybridized carbons (Fsp3) is 0. The zero-order valence-electron chi connectivity index (χ0n) is 7.14. The Bertz CT molecular complexity index is 361. The number of carbonyl (C=O) groups is 1. The van der Waals surface area contributed by atoms with Crippen LogP contribution in [-0.4, -0.2) is 16.9 Å². The van der Waals surface area contributed by atoms with E-state index in [1.54, 1.807) is 24.3 Å². The van der Waals surface area contributed by atoms with Gasteiger partial charge in [0.05, 0.1) is 5.69 Å². The third-order valence-corrected chi connectivity index (χ3v) is 1.31. The molecule has 0 fully saturated rings. The van der Waals surface area contributed by atoms with Crippen LogP contribution in [0.25, 0.3) is 0 Å². The maximum atomic E-state index is 10.1. The molecule has 0 saturated heterocycles. The van der Waals surface area contributed by atoms with Crippen molar-refractivity contribution in [2.45, 2.75) is 0 Å². The van der Waals surface area contributed by atoms with Crippen LogP contribution in [0, 0.1) is 5.41 Å². The van der Waals surface area contributed by atoms with E-state index in [4.69, 9.17) is 10.5 Å². The Labute approximate surface area is 79.8 Å². The molecular formula is C8H8N4O2. The molecule has 0 amide bonds. The van der Waals surface area contributed by atoms with Gasteiger partial charge in [-0.3, -0.25) is 10.8 Å². The van der Waals surface area contributed by atoms with Gasteiger partial charge in [0.25, 0.3) is 5.84 Å². The zero-order valence-corrected chi connectivity index (χ0v) is 7.14. The molecule has 0 heterocycles. The number of carboxylic acids is 1. The summed E-state index contributed by atoms with van der Waals surface area (Å²) in [7, 11) is 0. The number of anilines is 1. The molecule has 0 aliphatic heterocycles. The van der Waals surface area contributed by atoms with E-state index in [0.717, 1.165) is 0 Å². The molecule has 72 valence electrons. The number of aliphatic carboxylic acids is 1. The molecule has 1 aromatic carbocycles. The molecular weight excluding hydrogens is 184 g/mol. The topological polar surface area (TPSA) is 97.9 Å². The number of rotatable bonds is 2. The van der Waals surface area contributed by atoms with E-state index in [0.29, 0.717) is 5.69 Å². The maximum Gasteiger partial charge on any atom is 0.375 e. The van der Waals surface area contributed by atoms with E-state index in [9.17, 15) is 4.79 Å². The Morgan fingerprint density at radius 1 is 1.36 bits per heavy atom. The molecule has 14 heavy (non-hydrogen) atoms. The summed E-state index contributed by atoms with van der Waals surface area (Å²) in [6.45, 7) is 0. The standard InChI is InChI=1S/C8H8N4O2/c9-7(8(13)14)11-12-10-6-4-2-1-3-5-6/h1-5H,(H,13,14)(H2,9,10,11). The lowest BCUT2D eigenvalue weighted by Gasteiger charge is -1.95. The predicted octanol–water partition coefficient (Wildman–Crippen LogP) is 1.53. The van der Waals surface area contributed by atoms with Gasteiger partial charge in [0.15, 0.2) is 0 Å². The molecule has 0 atom stereocenters. The van der Waals surface area contributed by atoms with E-state index in [2.05, 4.69) is 15.8 Å². The van der Waals surface area contributed by atoms with Crippen molar-refractivity contribution >= 4 is 17.5 Å². The minimum Gasteiger partial charge on any atom is -0.475 e. The van der Waals surface area contributed by atoms with Crippen LogP contribution in [0.5, 0.6) is 0 Å². The first-order chi connectivity index (χ1) is 6.70. The second kappa shape index (κ2) is 4.70. The second-order valence-electron chi connectivity index (χ2n) is 2.33. The minimum absolute atomic E-state index is 0.675. The van der Waals surface area contributed by atoms with Gasteiger partial charge in [-0.25, -0.2) is 4.79 Å². The van der Waals surface area contributed by atoms with Gasteiger partial charge >= 0.3 is 5.97 Å². The zero-order chi connectivity index (χ0) is 10.4. The first kappa shape index (κ1) is 9.85. The van der Waals surface area contributed by atoms with E-state index in [1.807, 2.05) is 6.07 Å². The van der Waals surface area contributed by atoms with Crippen LogP contribution >= 0.6 is 0 Å². The minimum atomic E-state index is -1.41. The van der Waals surface area contributed by atoms with E-state index in [-0.39, 0.29) is 0 Å². The molecule has 6 heteroatoms. The van der Waals surface area contributed by atoms with Crippen LogP contribution in [0.15, 0.2) is 40.7 Å². The molecule has 0 unspecified atom stereocenters. The monoisotopic (exact) mass is 192 g/mol. The number of para-hydroxylation sites is 1. The number of nitrogens with zero attached hydrogens (tertiary/aromatic N) is 2. The molecule has 0 bridgehead atoms. The summed E-state index contributed by atoms with van der Waals surface area (Å²) >= 11 is 0. The van der Waals surface area contributed by atoms with E-state index in [1.165, 1.54) is 0 Å². The number of hydrogen-bond donors (Lipinski definition) is 3. The van der Waals surface area contributed by atoms with Crippen molar-refractivity contribution < 1.29 is 9.90 Å². The lowest BCUT2D eigenvalue weighted by Crippen LogP contribution is -2.07. The van der Waals surface area contributed by atoms with Crippen LogP contribution in [0.1, 0.15) is 0 Å². The molecule has 3 N–H and O–H groups in total. The molecule has 0 radical (unpaired) electrons. The highest BCUT2D eigenvalue weighted by atomic mass is 16.4. The predicted molar refractivity (Wildman–Crippen MR) is 50.3 cm³/mol. The summed E-state index contributed by atoms with van der Waals surface area (Å²) in [4.78, 5) is 10.1. The largest absolute Gasteiger partial charge is 0.475 e. The summed E-state index contributed by atoms with van der Waals surface area (Å²) in [5.74, 6) is -2.22. The van der Waals surface area contributed by atoms with Crippen LogP contribution in [-0.2, 0) is 4.79 Å².